The summed E-state index contributed by atoms with van der Waals surface area (Å²) in [4.78, 5) is 20.6. The number of alkyl halides is 3. The van der Waals surface area contributed by atoms with Crippen molar-refractivity contribution in [3.63, 3.8) is 0 Å². The number of nitrogens with zero attached hydrogens (tertiary/aromatic N) is 2. The lowest BCUT2D eigenvalue weighted by Gasteiger charge is -2.24. The number of oxime groups is 1. The fourth-order valence-electron chi connectivity index (χ4n) is 3.38. The first-order valence-corrected chi connectivity index (χ1v) is 10.6. The molecular formula is C23H18F4N2O2S. The Labute approximate surface area is 185 Å². The number of hydrogen-bond donors (Lipinski definition) is 0. The molecule has 0 spiro atoms. The Kier molecular flexibility index (Phi) is 6.27. The van der Waals surface area contributed by atoms with Crippen molar-refractivity contribution in [1.82, 2.24) is 4.90 Å². The van der Waals surface area contributed by atoms with Gasteiger partial charge in [0.2, 0.25) is 0 Å². The number of thiophene rings is 1. The molecule has 1 amide bonds. The molecule has 0 bridgehead atoms. The summed E-state index contributed by atoms with van der Waals surface area (Å²) in [6.45, 7) is 0.326. The van der Waals surface area contributed by atoms with Crippen molar-refractivity contribution >= 4 is 23.0 Å². The number of benzene rings is 2. The molecular weight excluding hydrogens is 444 g/mol. The third-order valence-electron chi connectivity index (χ3n) is 5.01. The van der Waals surface area contributed by atoms with Crippen LogP contribution >= 0.6 is 11.3 Å². The lowest BCUT2D eigenvalue weighted by molar-refractivity contribution is -0.137. The summed E-state index contributed by atoms with van der Waals surface area (Å²) in [6, 6.07) is 14.1. The van der Waals surface area contributed by atoms with Crippen LogP contribution in [0.5, 0.6) is 0 Å². The number of amides is 1. The Morgan fingerprint density at radius 3 is 2.44 bits per heavy atom. The van der Waals surface area contributed by atoms with Crippen molar-refractivity contribution in [2.45, 2.75) is 25.2 Å². The van der Waals surface area contributed by atoms with E-state index in [0.29, 0.717) is 22.6 Å². The van der Waals surface area contributed by atoms with Gasteiger partial charge in [-0.3, -0.25) is 4.79 Å². The van der Waals surface area contributed by atoms with E-state index in [2.05, 4.69) is 5.16 Å². The van der Waals surface area contributed by atoms with E-state index in [9.17, 15) is 22.4 Å². The maximum Gasteiger partial charge on any atom is 0.416 e. The van der Waals surface area contributed by atoms with Gasteiger partial charge in [-0.1, -0.05) is 35.5 Å². The van der Waals surface area contributed by atoms with Gasteiger partial charge in [0.05, 0.1) is 22.7 Å². The van der Waals surface area contributed by atoms with Gasteiger partial charge in [-0.2, -0.15) is 13.2 Å². The van der Waals surface area contributed by atoms with Gasteiger partial charge < -0.3 is 9.74 Å². The second-order valence-electron chi connectivity index (χ2n) is 7.33. The highest BCUT2D eigenvalue weighted by atomic mass is 32.1. The number of halogens is 4. The van der Waals surface area contributed by atoms with E-state index in [1.54, 1.807) is 34.5 Å². The molecule has 1 atom stereocenters. The molecule has 1 aromatic heterocycles. The zero-order chi connectivity index (χ0) is 22.7. The SMILES string of the molecule is O=C(c1cccs1)N(Cc1ccc(C(F)(F)F)cc1)C[C@@H]1CC(c2ccc(F)cc2)=NO1. The van der Waals surface area contributed by atoms with E-state index in [1.165, 1.54) is 35.6 Å². The average Bonchev–Trinajstić information content (AvgIpc) is 3.46. The molecule has 1 aliphatic heterocycles. The molecule has 9 heteroatoms. The maximum absolute atomic E-state index is 13.2. The van der Waals surface area contributed by atoms with E-state index in [0.717, 1.165) is 17.7 Å². The predicted octanol–water partition coefficient (Wildman–Crippen LogP) is 5.74. The Morgan fingerprint density at radius 2 is 1.81 bits per heavy atom. The first kappa shape index (κ1) is 22.0. The van der Waals surface area contributed by atoms with Gasteiger partial charge in [-0.15, -0.1) is 11.3 Å². The molecule has 2 aromatic carbocycles. The highest BCUT2D eigenvalue weighted by molar-refractivity contribution is 7.12. The van der Waals surface area contributed by atoms with Crippen LogP contribution < -0.4 is 0 Å². The molecule has 0 aliphatic carbocycles. The van der Waals surface area contributed by atoms with Gasteiger partial charge >= 0.3 is 6.18 Å². The van der Waals surface area contributed by atoms with Crippen molar-refractivity contribution < 1.29 is 27.2 Å². The van der Waals surface area contributed by atoms with Crippen LogP contribution in [0, 0.1) is 5.82 Å². The van der Waals surface area contributed by atoms with Gasteiger partial charge in [-0.25, -0.2) is 4.39 Å². The van der Waals surface area contributed by atoms with Gasteiger partial charge in [0.25, 0.3) is 5.91 Å². The van der Waals surface area contributed by atoms with E-state index in [4.69, 9.17) is 4.84 Å². The first-order valence-electron chi connectivity index (χ1n) is 9.77. The second-order valence-corrected chi connectivity index (χ2v) is 8.28. The summed E-state index contributed by atoms with van der Waals surface area (Å²) in [7, 11) is 0. The molecule has 32 heavy (non-hydrogen) atoms. The summed E-state index contributed by atoms with van der Waals surface area (Å²) in [5, 5.41) is 5.85. The molecule has 3 aromatic rings. The van der Waals surface area contributed by atoms with E-state index < -0.39 is 17.8 Å². The van der Waals surface area contributed by atoms with Crippen LogP contribution in [0.15, 0.2) is 71.2 Å². The molecule has 166 valence electrons. The first-order chi connectivity index (χ1) is 15.3. The fraction of sp³-hybridized carbons (Fsp3) is 0.217. The Bertz CT molecular complexity index is 1090. The summed E-state index contributed by atoms with van der Waals surface area (Å²) in [6.07, 6.45) is -4.42. The summed E-state index contributed by atoms with van der Waals surface area (Å²) in [5.41, 5.74) is 1.20. The molecule has 0 saturated carbocycles. The van der Waals surface area contributed by atoms with Crippen LogP contribution in [0.4, 0.5) is 17.6 Å². The van der Waals surface area contributed by atoms with Gasteiger partial charge in [0.1, 0.15) is 5.82 Å². The largest absolute Gasteiger partial charge is 0.416 e. The normalized spacial score (nSPS) is 15.9. The molecule has 4 nitrogen and oxygen atoms in total. The molecule has 2 heterocycles. The van der Waals surface area contributed by atoms with Crippen molar-refractivity contribution in [2.24, 2.45) is 5.16 Å². The topological polar surface area (TPSA) is 41.9 Å². The number of carbonyl (C=O) groups excluding carboxylic acids is 1. The van der Waals surface area contributed by atoms with Crippen LogP contribution in [0.2, 0.25) is 0 Å². The van der Waals surface area contributed by atoms with Crippen LogP contribution in [-0.2, 0) is 17.6 Å². The quantitative estimate of drug-likeness (QED) is 0.439. The molecule has 0 saturated heterocycles. The van der Waals surface area contributed by atoms with Gasteiger partial charge in [0, 0.05) is 13.0 Å². The number of rotatable bonds is 6. The minimum Gasteiger partial charge on any atom is -0.390 e. The highest BCUT2D eigenvalue weighted by Gasteiger charge is 2.31. The number of carbonyl (C=O) groups is 1. The van der Waals surface area contributed by atoms with Crippen molar-refractivity contribution in [2.75, 3.05) is 6.54 Å². The zero-order valence-electron chi connectivity index (χ0n) is 16.7. The molecule has 0 radical (unpaired) electrons. The van der Waals surface area contributed by atoms with Crippen molar-refractivity contribution in [3.8, 4) is 0 Å². The summed E-state index contributed by atoms with van der Waals surface area (Å²) >= 11 is 1.29. The van der Waals surface area contributed by atoms with Crippen LogP contribution in [-0.4, -0.2) is 29.2 Å². The zero-order valence-corrected chi connectivity index (χ0v) is 17.5. The fourth-order valence-corrected chi connectivity index (χ4v) is 4.07. The molecule has 0 unspecified atom stereocenters. The monoisotopic (exact) mass is 462 g/mol. The average molecular weight is 462 g/mol. The molecule has 0 N–H and O–H groups in total. The molecule has 0 fully saturated rings. The van der Waals surface area contributed by atoms with Crippen LogP contribution in [0.25, 0.3) is 0 Å². The summed E-state index contributed by atoms with van der Waals surface area (Å²) in [5.74, 6) is -0.590. The molecule has 4 rings (SSSR count). The van der Waals surface area contributed by atoms with Crippen molar-refractivity contribution in [3.05, 3.63) is 93.4 Å². The van der Waals surface area contributed by atoms with Gasteiger partial charge in [0.15, 0.2) is 6.10 Å². The highest BCUT2D eigenvalue weighted by Crippen LogP contribution is 2.29. The van der Waals surface area contributed by atoms with E-state index >= 15 is 0 Å². The van der Waals surface area contributed by atoms with Crippen LogP contribution in [0.3, 0.4) is 0 Å². The predicted molar refractivity (Wildman–Crippen MR) is 113 cm³/mol. The summed E-state index contributed by atoms with van der Waals surface area (Å²) < 4.78 is 51.7. The second kappa shape index (κ2) is 9.12. The van der Waals surface area contributed by atoms with E-state index in [-0.39, 0.29) is 24.8 Å². The number of hydrogen-bond acceptors (Lipinski definition) is 4. The van der Waals surface area contributed by atoms with Crippen LogP contribution in [0.1, 0.15) is 32.8 Å². The third kappa shape index (κ3) is 5.16. The Balaban J connectivity index is 1.48. The smallest absolute Gasteiger partial charge is 0.390 e. The third-order valence-corrected chi connectivity index (χ3v) is 5.87. The van der Waals surface area contributed by atoms with Crippen molar-refractivity contribution in [1.29, 1.82) is 0 Å². The maximum atomic E-state index is 13.2. The Morgan fingerprint density at radius 1 is 1.09 bits per heavy atom. The van der Waals surface area contributed by atoms with E-state index in [1.807, 2.05) is 0 Å². The lowest BCUT2D eigenvalue weighted by Crippen LogP contribution is -2.37. The lowest BCUT2D eigenvalue weighted by atomic mass is 10.0. The standard InChI is InChI=1S/C23H18F4N2O2S/c24-18-9-5-16(6-10-18)20-12-19(31-28-20)14-29(22(30)21-2-1-11-32-21)13-15-3-7-17(8-4-15)23(25,26)27/h1-11,19H,12-14H2/t19-/m0/s1. The minimum absolute atomic E-state index is 0.126. The van der Waals surface area contributed by atoms with Gasteiger partial charge in [-0.05, 0) is 46.8 Å². The Hall–Kier alpha value is -3.20. The molecule has 1 aliphatic rings. The minimum atomic E-state index is -4.42.